The fraction of sp³-hybridized carbons (Fsp3) is 0.167. The van der Waals surface area contributed by atoms with Gasteiger partial charge in [0, 0.05) is 6.20 Å². The first kappa shape index (κ1) is 5.11. The number of thioether (sulfide) groups is 1. The Morgan fingerprint density at radius 3 is 3.56 bits per heavy atom. The molecule has 2 rings (SSSR count). The highest BCUT2D eigenvalue weighted by molar-refractivity contribution is 7.99. The lowest BCUT2D eigenvalue weighted by atomic mass is 10.5. The third-order valence-corrected chi connectivity index (χ3v) is 1.96. The fourth-order valence-corrected chi connectivity index (χ4v) is 1.45. The number of nitrogens with zero attached hydrogens (tertiary/aromatic N) is 1. The molecule has 0 amide bonds. The summed E-state index contributed by atoms with van der Waals surface area (Å²) in [4.78, 5) is 4.10. The van der Waals surface area contributed by atoms with Gasteiger partial charge in [-0.15, -0.1) is 0 Å². The predicted molar refractivity (Wildman–Crippen MR) is 35.6 cm³/mol. The highest BCUT2D eigenvalue weighted by Gasteiger charge is 2.11. The van der Waals surface area contributed by atoms with Crippen LogP contribution in [0.3, 0.4) is 0 Å². The van der Waals surface area contributed by atoms with Crippen molar-refractivity contribution in [1.29, 1.82) is 0 Å². The molecule has 0 unspecified atom stereocenters. The van der Waals surface area contributed by atoms with Crippen molar-refractivity contribution >= 4 is 11.8 Å². The average Bonchev–Trinajstić information content (AvgIpc) is 2.33. The van der Waals surface area contributed by atoms with E-state index < -0.39 is 0 Å². The summed E-state index contributed by atoms with van der Waals surface area (Å²) in [5.41, 5.74) is 0. The molecule has 46 valence electrons. The van der Waals surface area contributed by atoms with Gasteiger partial charge in [-0.25, -0.2) is 4.98 Å². The highest BCUT2D eigenvalue weighted by atomic mass is 32.2. The number of pyridine rings is 1. The van der Waals surface area contributed by atoms with E-state index in [-0.39, 0.29) is 0 Å². The molecule has 1 aromatic rings. The van der Waals surface area contributed by atoms with Gasteiger partial charge >= 0.3 is 0 Å². The van der Waals surface area contributed by atoms with Crippen LogP contribution in [0.2, 0.25) is 0 Å². The molecule has 0 atom stereocenters. The van der Waals surface area contributed by atoms with E-state index >= 15 is 0 Å². The lowest BCUT2D eigenvalue weighted by Crippen LogP contribution is -1.81. The van der Waals surface area contributed by atoms with E-state index in [2.05, 4.69) is 4.98 Å². The van der Waals surface area contributed by atoms with Crippen LogP contribution >= 0.6 is 11.8 Å². The number of hydrogen-bond acceptors (Lipinski definition) is 3. The number of aromatic nitrogens is 1. The molecule has 0 saturated carbocycles. The van der Waals surface area contributed by atoms with E-state index in [4.69, 9.17) is 4.74 Å². The molecule has 0 saturated heterocycles. The maximum Gasteiger partial charge on any atom is 0.152 e. The van der Waals surface area contributed by atoms with Crippen molar-refractivity contribution in [2.45, 2.75) is 5.03 Å². The number of ether oxygens (including phenoxy) is 1. The summed E-state index contributed by atoms with van der Waals surface area (Å²) in [6.45, 7) is 0. The maximum atomic E-state index is 5.20. The molecule has 1 aliphatic heterocycles. The zero-order valence-electron chi connectivity index (χ0n) is 4.70. The third-order valence-electron chi connectivity index (χ3n) is 1.15. The van der Waals surface area contributed by atoms with Gasteiger partial charge in [0.05, 0.1) is 0 Å². The first-order valence-electron chi connectivity index (χ1n) is 2.67. The number of hydrogen-bond donors (Lipinski definition) is 0. The molecular formula is C6H5NOS. The van der Waals surface area contributed by atoms with Crippen LogP contribution in [0.1, 0.15) is 0 Å². The van der Waals surface area contributed by atoms with Crippen LogP contribution in [-0.4, -0.2) is 10.9 Å². The second kappa shape index (κ2) is 1.92. The Labute approximate surface area is 57.2 Å². The lowest BCUT2D eigenvalue weighted by Gasteiger charge is -1.91. The van der Waals surface area contributed by atoms with Crippen molar-refractivity contribution in [2.24, 2.45) is 0 Å². The normalized spacial score (nSPS) is 14.7. The van der Waals surface area contributed by atoms with Crippen LogP contribution in [0, 0.1) is 0 Å². The molecule has 0 bridgehead atoms. The van der Waals surface area contributed by atoms with Gasteiger partial charge in [-0.05, 0) is 12.1 Å². The van der Waals surface area contributed by atoms with Crippen molar-refractivity contribution in [2.75, 3.05) is 5.94 Å². The number of rotatable bonds is 0. The molecule has 0 fully saturated rings. The summed E-state index contributed by atoms with van der Waals surface area (Å²) in [5, 5.41) is 1.01. The van der Waals surface area contributed by atoms with Crippen molar-refractivity contribution in [3.8, 4) is 5.75 Å². The molecule has 1 aromatic heterocycles. The summed E-state index contributed by atoms with van der Waals surface area (Å²) in [7, 11) is 0. The lowest BCUT2D eigenvalue weighted by molar-refractivity contribution is 0.395. The summed E-state index contributed by atoms with van der Waals surface area (Å²) < 4.78 is 5.20. The van der Waals surface area contributed by atoms with Crippen LogP contribution in [0.15, 0.2) is 23.4 Å². The van der Waals surface area contributed by atoms with E-state index in [1.54, 1.807) is 18.0 Å². The standard InChI is InChI=1S/C6H5NOS/c1-2-5-6(7-3-1)9-4-8-5/h1-3H,4H2. The average molecular weight is 139 g/mol. The van der Waals surface area contributed by atoms with Crippen molar-refractivity contribution < 1.29 is 4.74 Å². The third kappa shape index (κ3) is 0.772. The van der Waals surface area contributed by atoms with E-state index in [0.717, 1.165) is 10.8 Å². The molecule has 2 nitrogen and oxygen atoms in total. The smallest absolute Gasteiger partial charge is 0.152 e. The SMILES string of the molecule is c1cnc2c(c1)OCS2. The van der Waals surface area contributed by atoms with Gasteiger partial charge in [0.2, 0.25) is 0 Å². The van der Waals surface area contributed by atoms with E-state index in [1.165, 1.54) is 0 Å². The Balaban J connectivity index is 2.54. The monoisotopic (exact) mass is 139 g/mol. The van der Waals surface area contributed by atoms with Crippen LogP contribution in [0.5, 0.6) is 5.75 Å². The van der Waals surface area contributed by atoms with Gasteiger partial charge in [0.15, 0.2) is 5.75 Å². The molecule has 0 N–H and O–H groups in total. The van der Waals surface area contributed by atoms with Crippen LogP contribution in [0.25, 0.3) is 0 Å². The van der Waals surface area contributed by atoms with E-state index in [9.17, 15) is 0 Å². The quantitative estimate of drug-likeness (QED) is 0.544. The topological polar surface area (TPSA) is 22.1 Å². The van der Waals surface area contributed by atoms with Gasteiger partial charge in [0.1, 0.15) is 11.0 Å². The first-order valence-corrected chi connectivity index (χ1v) is 3.66. The van der Waals surface area contributed by atoms with Gasteiger partial charge in [-0.1, -0.05) is 11.8 Å². The highest BCUT2D eigenvalue weighted by Crippen LogP contribution is 2.32. The minimum Gasteiger partial charge on any atom is -0.480 e. The molecule has 0 radical (unpaired) electrons. The van der Waals surface area contributed by atoms with Crippen LogP contribution < -0.4 is 4.74 Å². The fourth-order valence-electron chi connectivity index (χ4n) is 0.743. The first-order chi connectivity index (χ1) is 4.47. The van der Waals surface area contributed by atoms with E-state index in [0.29, 0.717) is 5.94 Å². The predicted octanol–water partition coefficient (Wildman–Crippen LogP) is 1.52. The molecule has 3 heteroatoms. The minimum atomic E-state index is 0.715. The Morgan fingerprint density at radius 1 is 1.67 bits per heavy atom. The summed E-state index contributed by atoms with van der Waals surface area (Å²) >= 11 is 1.63. The van der Waals surface area contributed by atoms with Crippen LogP contribution in [-0.2, 0) is 0 Å². The molecular weight excluding hydrogens is 134 g/mol. The van der Waals surface area contributed by atoms with Gasteiger partial charge in [-0.3, -0.25) is 0 Å². The number of fused-ring (bicyclic) bond motifs is 1. The molecule has 2 heterocycles. The second-order valence-electron chi connectivity index (χ2n) is 1.71. The molecule has 0 aromatic carbocycles. The van der Waals surface area contributed by atoms with Crippen LogP contribution in [0.4, 0.5) is 0 Å². The summed E-state index contributed by atoms with van der Waals surface area (Å²) in [5.74, 6) is 1.63. The van der Waals surface area contributed by atoms with Crippen molar-refractivity contribution in [3.05, 3.63) is 18.3 Å². The van der Waals surface area contributed by atoms with Crippen molar-refractivity contribution in [3.63, 3.8) is 0 Å². The molecule has 0 spiro atoms. The Morgan fingerprint density at radius 2 is 2.67 bits per heavy atom. The largest absolute Gasteiger partial charge is 0.480 e. The molecule has 0 aliphatic carbocycles. The Hall–Kier alpha value is -0.700. The second-order valence-corrected chi connectivity index (χ2v) is 2.62. The van der Waals surface area contributed by atoms with Gasteiger partial charge in [0.25, 0.3) is 0 Å². The zero-order valence-corrected chi connectivity index (χ0v) is 5.52. The maximum absolute atomic E-state index is 5.20. The van der Waals surface area contributed by atoms with E-state index in [1.807, 2.05) is 12.1 Å². The Kier molecular flexibility index (Phi) is 1.09. The summed E-state index contributed by atoms with van der Waals surface area (Å²) in [6, 6.07) is 3.81. The Bertz CT molecular complexity index is 203. The zero-order chi connectivity index (χ0) is 6.10. The van der Waals surface area contributed by atoms with Gasteiger partial charge < -0.3 is 4.74 Å². The minimum absolute atomic E-state index is 0.715. The molecule has 1 aliphatic rings. The van der Waals surface area contributed by atoms with Gasteiger partial charge in [-0.2, -0.15) is 0 Å². The molecule has 9 heavy (non-hydrogen) atoms. The summed E-state index contributed by atoms with van der Waals surface area (Å²) in [6.07, 6.45) is 1.78. The van der Waals surface area contributed by atoms with Crippen molar-refractivity contribution in [1.82, 2.24) is 4.98 Å².